The second-order valence-electron chi connectivity index (χ2n) is 5.14. The lowest BCUT2D eigenvalue weighted by atomic mass is 10.0. The highest BCUT2D eigenvalue weighted by atomic mass is 16.6. The Balaban J connectivity index is 1.93. The van der Waals surface area contributed by atoms with E-state index >= 15 is 0 Å². The summed E-state index contributed by atoms with van der Waals surface area (Å²) in [5, 5.41) is 14.5. The van der Waals surface area contributed by atoms with Gasteiger partial charge in [-0.25, -0.2) is 4.98 Å². The van der Waals surface area contributed by atoms with Crippen LogP contribution in [-0.2, 0) is 0 Å². The number of anilines is 1. The molecule has 96 valence electrons. The van der Waals surface area contributed by atoms with Gasteiger partial charge < -0.3 is 10.2 Å². The maximum absolute atomic E-state index is 11.2. The molecule has 0 spiro atoms. The number of fused-ring (bicyclic) bond motifs is 1. The van der Waals surface area contributed by atoms with Crippen LogP contribution in [0.1, 0.15) is 5.56 Å². The van der Waals surface area contributed by atoms with Crippen molar-refractivity contribution in [1.29, 1.82) is 0 Å². The molecule has 1 aromatic heterocycles. The Morgan fingerprint density at radius 3 is 2.72 bits per heavy atom. The van der Waals surface area contributed by atoms with E-state index in [1.807, 2.05) is 0 Å². The number of nitrogens with one attached hydrogen (secondary N) is 1. The van der Waals surface area contributed by atoms with E-state index in [-0.39, 0.29) is 10.6 Å². The number of nitrogens with zero attached hydrogens (tertiary/aromatic N) is 3. The molecule has 1 N–H and O–H groups in total. The van der Waals surface area contributed by atoms with Crippen LogP contribution in [0, 0.1) is 28.9 Å². The van der Waals surface area contributed by atoms with Gasteiger partial charge in [0.05, 0.1) is 4.92 Å². The zero-order valence-electron chi connectivity index (χ0n) is 10.3. The second-order valence-corrected chi connectivity index (χ2v) is 5.14. The van der Waals surface area contributed by atoms with Crippen molar-refractivity contribution in [3.05, 3.63) is 27.9 Å². The quantitative estimate of drug-likeness (QED) is 0.623. The van der Waals surface area contributed by atoms with Crippen LogP contribution in [-0.4, -0.2) is 36.1 Å². The first-order valence-electron chi connectivity index (χ1n) is 6.22. The number of hydrogen-bond donors (Lipinski definition) is 1. The van der Waals surface area contributed by atoms with Gasteiger partial charge in [-0.1, -0.05) is 0 Å². The molecule has 2 saturated heterocycles. The fourth-order valence-electron chi connectivity index (χ4n) is 3.02. The monoisotopic (exact) mass is 248 g/mol. The van der Waals surface area contributed by atoms with Crippen molar-refractivity contribution in [2.45, 2.75) is 6.92 Å². The largest absolute Gasteiger partial charge is 0.350 e. The first-order chi connectivity index (χ1) is 8.66. The van der Waals surface area contributed by atoms with Crippen LogP contribution in [0.15, 0.2) is 12.3 Å². The van der Waals surface area contributed by atoms with Crippen LogP contribution < -0.4 is 10.2 Å². The van der Waals surface area contributed by atoms with Gasteiger partial charge in [0.2, 0.25) is 5.82 Å². The Morgan fingerprint density at radius 2 is 2.11 bits per heavy atom. The number of aryl methyl sites for hydroxylation is 1. The Bertz CT molecular complexity index is 479. The minimum atomic E-state index is -0.315. The van der Waals surface area contributed by atoms with Crippen LogP contribution in [0.2, 0.25) is 0 Å². The lowest BCUT2D eigenvalue weighted by molar-refractivity contribution is -0.384. The first kappa shape index (κ1) is 11.4. The second kappa shape index (κ2) is 4.20. The third-order valence-corrected chi connectivity index (χ3v) is 3.98. The number of pyridine rings is 1. The first-order valence-corrected chi connectivity index (χ1v) is 6.22. The van der Waals surface area contributed by atoms with E-state index in [0.29, 0.717) is 23.2 Å². The highest BCUT2D eigenvalue weighted by Gasteiger charge is 2.38. The lowest BCUT2D eigenvalue weighted by Gasteiger charge is -2.18. The molecule has 6 heteroatoms. The standard InChI is InChI=1S/C12H16N4O2/c1-8-2-3-14-12(11(8)16(17)18)15-6-9-4-13-5-10(9)7-15/h2-3,9-10,13H,4-7H2,1H3. The summed E-state index contributed by atoms with van der Waals surface area (Å²) >= 11 is 0. The van der Waals surface area contributed by atoms with Crippen molar-refractivity contribution in [2.75, 3.05) is 31.1 Å². The van der Waals surface area contributed by atoms with E-state index in [1.165, 1.54) is 0 Å². The van der Waals surface area contributed by atoms with Crippen molar-refractivity contribution >= 4 is 11.5 Å². The fourth-order valence-corrected chi connectivity index (χ4v) is 3.02. The predicted molar refractivity (Wildman–Crippen MR) is 67.7 cm³/mol. The molecule has 18 heavy (non-hydrogen) atoms. The molecule has 0 aliphatic carbocycles. The molecule has 0 radical (unpaired) electrons. The summed E-state index contributed by atoms with van der Waals surface area (Å²) in [6, 6.07) is 1.69. The summed E-state index contributed by atoms with van der Waals surface area (Å²) in [5.41, 5.74) is 0.839. The smallest absolute Gasteiger partial charge is 0.314 e. The van der Waals surface area contributed by atoms with E-state index < -0.39 is 0 Å². The zero-order chi connectivity index (χ0) is 12.7. The molecule has 0 saturated carbocycles. The van der Waals surface area contributed by atoms with Crippen LogP contribution in [0.25, 0.3) is 0 Å². The van der Waals surface area contributed by atoms with Crippen molar-refractivity contribution in [3.63, 3.8) is 0 Å². The number of aromatic nitrogens is 1. The Labute approximate surface area is 105 Å². The van der Waals surface area contributed by atoms with Gasteiger partial charge in [-0.2, -0.15) is 0 Å². The molecule has 0 bridgehead atoms. The topological polar surface area (TPSA) is 71.3 Å². The van der Waals surface area contributed by atoms with Gasteiger partial charge in [0.15, 0.2) is 0 Å². The normalized spacial score (nSPS) is 26.4. The van der Waals surface area contributed by atoms with Gasteiger partial charge in [-0.05, 0) is 24.8 Å². The molecule has 0 aromatic carbocycles. The molecular weight excluding hydrogens is 232 g/mol. The minimum Gasteiger partial charge on any atom is -0.350 e. The van der Waals surface area contributed by atoms with E-state index in [4.69, 9.17) is 0 Å². The van der Waals surface area contributed by atoms with Gasteiger partial charge in [0.1, 0.15) is 0 Å². The Hall–Kier alpha value is -1.69. The molecule has 2 unspecified atom stereocenters. The minimum absolute atomic E-state index is 0.158. The van der Waals surface area contributed by atoms with Gasteiger partial charge in [-0.3, -0.25) is 10.1 Å². The molecule has 0 amide bonds. The highest BCUT2D eigenvalue weighted by molar-refractivity contribution is 5.62. The Morgan fingerprint density at radius 1 is 1.44 bits per heavy atom. The van der Waals surface area contributed by atoms with Crippen molar-refractivity contribution in [3.8, 4) is 0 Å². The average molecular weight is 248 g/mol. The predicted octanol–water partition coefficient (Wildman–Crippen LogP) is 0.954. The van der Waals surface area contributed by atoms with Crippen molar-refractivity contribution in [2.24, 2.45) is 11.8 Å². The summed E-state index contributed by atoms with van der Waals surface area (Å²) in [6.45, 7) is 5.53. The molecule has 6 nitrogen and oxygen atoms in total. The summed E-state index contributed by atoms with van der Waals surface area (Å²) in [6.07, 6.45) is 1.66. The number of rotatable bonds is 2. The van der Waals surface area contributed by atoms with Gasteiger partial charge in [0, 0.05) is 37.9 Å². The van der Waals surface area contributed by atoms with Gasteiger partial charge >= 0.3 is 5.69 Å². The van der Waals surface area contributed by atoms with Crippen molar-refractivity contribution < 1.29 is 4.92 Å². The number of nitro groups is 1. The van der Waals surface area contributed by atoms with Gasteiger partial charge in [0.25, 0.3) is 0 Å². The lowest BCUT2D eigenvalue weighted by Crippen LogP contribution is -2.27. The van der Waals surface area contributed by atoms with E-state index in [1.54, 1.807) is 19.2 Å². The molecule has 2 aliphatic rings. The zero-order valence-corrected chi connectivity index (χ0v) is 10.3. The molecule has 2 aliphatic heterocycles. The highest BCUT2D eigenvalue weighted by Crippen LogP contribution is 2.35. The third kappa shape index (κ3) is 1.73. The van der Waals surface area contributed by atoms with E-state index in [9.17, 15) is 10.1 Å². The van der Waals surface area contributed by atoms with Crippen LogP contribution >= 0.6 is 0 Å². The molecule has 3 heterocycles. The van der Waals surface area contributed by atoms with Gasteiger partial charge in [-0.15, -0.1) is 0 Å². The summed E-state index contributed by atoms with van der Waals surface area (Å²) in [4.78, 5) is 17.2. The van der Waals surface area contributed by atoms with E-state index in [2.05, 4.69) is 15.2 Å². The Kier molecular flexibility index (Phi) is 2.66. The summed E-state index contributed by atoms with van der Waals surface area (Å²) in [7, 11) is 0. The summed E-state index contributed by atoms with van der Waals surface area (Å²) in [5.74, 6) is 1.74. The fraction of sp³-hybridized carbons (Fsp3) is 0.583. The molecular formula is C12H16N4O2. The average Bonchev–Trinajstić information content (AvgIpc) is 2.87. The number of hydrogen-bond acceptors (Lipinski definition) is 5. The van der Waals surface area contributed by atoms with Crippen LogP contribution in [0.5, 0.6) is 0 Å². The SMILES string of the molecule is Cc1ccnc(N2CC3CNCC3C2)c1[N+](=O)[O-]. The van der Waals surface area contributed by atoms with Crippen LogP contribution in [0.4, 0.5) is 11.5 Å². The van der Waals surface area contributed by atoms with E-state index in [0.717, 1.165) is 26.2 Å². The van der Waals surface area contributed by atoms with Crippen molar-refractivity contribution in [1.82, 2.24) is 10.3 Å². The molecule has 2 atom stereocenters. The van der Waals surface area contributed by atoms with Crippen LogP contribution in [0.3, 0.4) is 0 Å². The third-order valence-electron chi connectivity index (χ3n) is 3.98. The molecule has 3 rings (SSSR count). The maximum Gasteiger partial charge on any atom is 0.314 e. The summed E-state index contributed by atoms with van der Waals surface area (Å²) < 4.78 is 0. The molecule has 1 aromatic rings. The maximum atomic E-state index is 11.2. The molecule has 2 fully saturated rings.